The van der Waals surface area contributed by atoms with Gasteiger partial charge in [-0.05, 0) is 54.3 Å². The number of rotatable bonds is 11. The fourth-order valence-electron chi connectivity index (χ4n) is 3.89. The third-order valence-electron chi connectivity index (χ3n) is 6.08. The second kappa shape index (κ2) is 12.1. The van der Waals surface area contributed by atoms with Crippen LogP contribution < -0.4 is 10.0 Å². The number of carbonyl (C=O) groups is 1. The fourth-order valence-corrected chi connectivity index (χ4v) is 5.12. The Kier molecular flexibility index (Phi) is 8.70. The van der Waals surface area contributed by atoms with Gasteiger partial charge in [-0.2, -0.15) is 4.98 Å². The second-order valence-electron chi connectivity index (χ2n) is 9.52. The van der Waals surface area contributed by atoms with E-state index >= 15 is 0 Å². The number of anilines is 1. The van der Waals surface area contributed by atoms with Crippen molar-refractivity contribution in [2.24, 2.45) is 0 Å². The molecule has 0 fully saturated rings. The van der Waals surface area contributed by atoms with Gasteiger partial charge in [0, 0.05) is 30.5 Å². The molecule has 3 aromatic carbocycles. The molecule has 8 nitrogen and oxygen atoms in total. The van der Waals surface area contributed by atoms with Crippen LogP contribution in [0.2, 0.25) is 0 Å². The summed E-state index contributed by atoms with van der Waals surface area (Å²) < 4.78 is 33.5. The molecule has 198 valence electrons. The minimum Gasteiger partial charge on any atom is -0.339 e. The maximum atomic E-state index is 12.8. The fraction of sp³-hybridized carbons (Fsp3) is 0.276. The number of hydrogen-bond acceptors (Lipinski definition) is 6. The molecule has 4 rings (SSSR count). The van der Waals surface area contributed by atoms with Crippen LogP contribution >= 0.6 is 0 Å². The maximum absolute atomic E-state index is 12.8. The monoisotopic (exact) mass is 532 g/mol. The largest absolute Gasteiger partial charge is 0.339 e. The molecule has 2 N–H and O–H groups in total. The SMILES string of the molecule is CC(C)c1nc(Cc2ccc(NC(=O)CCc3ccc(S(=O)(=O)N[C@H](C)c4ccccc4)cc3)cc2)no1. The van der Waals surface area contributed by atoms with Gasteiger partial charge in [0.25, 0.3) is 0 Å². The van der Waals surface area contributed by atoms with Crippen LogP contribution in [0.25, 0.3) is 0 Å². The Balaban J connectivity index is 1.26. The summed E-state index contributed by atoms with van der Waals surface area (Å²) in [5.41, 5.74) is 3.49. The molecule has 1 atom stereocenters. The summed E-state index contributed by atoms with van der Waals surface area (Å²) in [5, 5.41) is 6.91. The molecule has 0 saturated heterocycles. The zero-order valence-corrected chi connectivity index (χ0v) is 22.5. The molecule has 38 heavy (non-hydrogen) atoms. The summed E-state index contributed by atoms with van der Waals surface area (Å²) >= 11 is 0. The van der Waals surface area contributed by atoms with Crippen LogP contribution in [-0.2, 0) is 27.7 Å². The molecule has 9 heteroatoms. The molecule has 1 amide bonds. The van der Waals surface area contributed by atoms with Crippen molar-refractivity contribution in [3.8, 4) is 0 Å². The molecule has 0 bridgehead atoms. The van der Waals surface area contributed by atoms with Crippen molar-refractivity contribution >= 4 is 21.6 Å². The van der Waals surface area contributed by atoms with E-state index in [4.69, 9.17) is 4.52 Å². The molecule has 0 aliphatic rings. The average Bonchev–Trinajstić information content (AvgIpc) is 3.38. The van der Waals surface area contributed by atoms with E-state index in [9.17, 15) is 13.2 Å². The topological polar surface area (TPSA) is 114 Å². The minimum absolute atomic E-state index is 0.118. The van der Waals surface area contributed by atoms with E-state index in [0.717, 1.165) is 16.7 Å². The van der Waals surface area contributed by atoms with Gasteiger partial charge in [0.15, 0.2) is 5.82 Å². The van der Waals surface area contributed by atoms with Gasteiger partial charge in [-0.3, -0.25) is 4.79 Å². The number of aromatic nitrogens is 2. The number of nitrogens with one attached hydrogen (secondary N) is 2. The number of aryl methyl sites for hydroxylation is 1. The van der Waals surface area contributed by atoms with Crippen molar-refractivity contribution < 1.29 is 17.7 Å². The first kappa shape index (κ1) is 27.2. The van der Waals surface area contributed by atoms with Crippen LogP contribution in [0.15, 0.2) is 88.3 Å². The lowest BCUT2D eigenvalue weighted by Crippen LogP contribution is -2.26. The quantitative estimate of drug-likeness (QED) is 0.268. The van der Waals surface area contributed by atoms with E-state index in [2.05, 4.69) is 20.2 Å². The molecular weight excluding hydrogens is 500 g/mol. The van der Waals surface area contributed by atoms with Crippen molar-refractivity contribution in [1.29, 1.82) is 0 Å². The lowest BCUT2D eigenvalue weighted by molar-refractivity contribution is -0.116. The average molecular weight is 533 g/mol. The lowest BCUT2D eigenvalue weighted by atomic mass is 10.1. The molecule has 0 spiro atoms. The summed E-state index contributed by atoms with van der Waals surface area (Å²) in [5.74, 6) is 1.32. The van der Waals surface area contributed by atoms with Crippen molar-refractivity contribution in [3.05, 3.63) is 107 Å². The standard InChI is InChI=1S/C29H32N4O4S/c1-20(2)29-31-27(32-37-29)19-23-9-14-25(15-10-23)30-28(34)18-13-22-11-16-26(17-12-22)38(35,36)33-21(3)24-7-5-4-6-8-24/h4-12,14-17,20-21,33H,13,18-19H2,1-3H3,(H,30,34)/t21-/m1/s1. The highest BCUT2D eigenvalue weighted by molar-refractivity contribution is 7.89. The van der Waals surface area contributed by atoms with E-state index in [1.165, 1.54) is 0 Å². The molecule has 0 aliphatic carbocycles. The predicted molar refractivity (Wildman–Crippen MR) is 146 cm³/mol. The van der Waals surface area contributed by atoms with Crippen LogP contribution in [-0.4, -0.2) is 24.5 Å². The maximum Gasteiger partial charge on any atom is 0.241 e. The first-order valence-corrected chi connectivity index (χ1v) is 14.1. The molecule has 1 aromatic heterocycles. The van der Waals surface area contributed by atoms with Crippen LogP contribution in [0, 0.1) is 0 Å². The van der Waals surface area contributed by atoms with E-state index in [1.54, 1.807) is 24.3 Å². The van der Waals surface area contributed by atoms with Crippen LogP contribution in [0.3, 0.4) is 0 Å². The zero-order valence-electron chi connectivity index (χ0n) is 21.7. The van der Waals surface area contributed by atoms with Crippen LogP contribution in [0.4, 0.5) is 5.69 Å². The van der Waals surface area contributed by atoms with Gasteiger partial charge in [0.1, 0.15) is 0 Å². The Morgan fingerprint density at radius 1 is 0.895 bits per heavy atom. The van der Waals surface area contributed by atoms with Gasteiger partial charge in [-0.15, -0.1) is 0 Å². The van der Waals surface area contributed by atoms with E-state index in [1.807, 2.05) is 75.4 Å². The third-order valence-corrected chi connectivity index (χ3v) is 7.64. The van der Waals surface area contributed by atoms with E-state index in [-0.39, 0.29) is 29.2 Å². The third kappa shape index (κ3) is 7.36. The van der Waals surface area contributed by atoms with Crippen molar-refractivity contribution in [2.75, 3.05) is 5.32 Å². The van der Waals surface area contributed by atoms with Crippen LogP contribution in [0.5, 0.6) is 0 Å². The number of hydrogen-bond donors (Lipinski definition) is 2. The highest BCUT2D eigenvalue weighted by Crippen LogP contribution is 2.19. The Hall–Kier alpha value is -3.82. The summed E-state index contributed by atoms with van der Waals surface area (Å²) in [7, 11) is -3.67. The van der Waals surface area contributed by atoms with Crippen molar-refractivity contribution in [2.45, 2.75) is 56.9 Å². The minimum atomic E-state index is -3.67. The van der Waals surface area contributed by atoms with E-state index < -0.39 is 10.0 Å². The smallest absolute Gasteiger partial charge is 0.241 e. The first-order valence-electron chi connectivity index (χ1n) is 12.6. The van der Waals surface area contributed by atoms with Gasteiger partial charge in [-0.25, -0.2) is 13.1 Å². The molecule has 0 unspecified atom stereocenters. The molecule has 4 aromatic rings. The number of nitrogens with zero attached hydrogens (tertiary/aromatic N) is 2. The van der Waals surface area contributed by atoms with E-state index in [0.29, 0.717) is 30.2 Å². The van der Waals surface area contributed by atoms with Gasteiger partial charge < -0.3 is 9.84 Å². The van der Waals surface area contributed by atoms with Gasteiger partial charge in [-0.1, -0.05) is 73.6 Å². The van der Waals surface area contributed by atoms with Gasteiger partial charge in [0.2, 0.25) is 21.8 Å². The van der Waals surface area contributed by atoms with Crippen molar-refractivity contribution in [3.63, 3.8) is 0 Å². The Morgan fingerprint density at radius 3 is 2.18 bits per heavy atom. The summed E-state index contributed by atoms with van der Waals surface area (Å²) in [4.78, 5) is 17.0. The van der Waals surface area contributed by atoms with Gasteiger partial charge >= 0.3 is 0 Å². The normalized spacial score (nSPS) is 12.4. The number of amides is 1. The highest BCUT2D eigenvalue weighted by atomic mass is 32.2. The highest BCUT2D eigenvalue weighted by Gasteiger charge is 2.18. The number of benzene rings is 3. The molecular formula is C29H32N4O4S. The Bertz CT molecular complexity index is 1450. The zero-order chi connectivity index (χ0) is 27.1. The molecule has 0 aliphatic heterocycles. The lowest BCUT2D eigenvalue weighted by Gasteiger charge is -2.15. The first-order chi connectivity index (χ1) is 18.2. The summed E-state index contributed by atoms with van der Waals surface area (Å²) in [6, 6.07) is 23.2. The molecule has 1 heterocycles. The number of sulfonamides is 1. The molecule has 0 saturated carbocycles. The van der Waals surface area contributed by atoms with Crippen LogP contribution in [0.1, 0.15) is 67.6 Å². The predicted octanol–water partition coefficient (Wildman–Crippen LogP) is 5.39. The Morgan fingerprint density at radius 2 is 1.55 bits per heavy atom. The second-order valence-corrected chi connectivity index (χ2v) is 11.2. The Labute approximate surface area is 223 Å². The molecule has 0 radical (unpaired) electrons. The summed E-state index contributed by atoms with van der Waals surface area (Å²) in [6.45, 7) is 5.81. The van der Waals surface area contributed by atoms with Crippen molar-refractivity contribution in [1.82, 2.24) is 14.9 Å². The summed E-state index contributed by atoms with van der Waals surface area (Å²) in [6.07, 6.45) is 1.32. The van der Waals surface area contributed by atoms with Gasteiger partial charge in [0.05, 0.1) is 4.90 Å². The number of carbonyl (C=O) groups excluding carboxylic acids is 1.